The molecule has 3 aliphatic carbocycles. The number of nitrogens with two attached hydrogens (primary N) is 1. The molecule has 4 aromatic carbocycles. The second kappa shape index (κ2) is 17.2. The third kappa shape index (κ3) is 8.13. The summed E-state index contributed by atoms with van der Waals surface area (Å²) in [6.45, 7) is 10.9. The summed E-state index contributed by atoms with van der Waals surface area (Å²) in [7, 11) is -3.08. The van der Waals surface area contributed by atoms with E-state index in [-0.39, 0.29) is 71.3 Å². The molecule has 4 aliphatic rings. The fourth-order valence-electron chi connectivity index (χ4n) is 10.0. The molecule has 11 nitrogen and oxygen atoms in total. The van der Waals surface area contributed by atoms with E-state index in [1.807, 2.05) is 125 Å². The van der Waals surface area contributed by atoms with Gasteiger partial charge in [0.1, 0.15) is 36.0 Å². The van der Waals surface area contributed by atoms with Crippen molar-refractivity contribution in [3.8, 4) is 17.4 Å². The SMILES string of the molecule is CC(C)(C)[Si](C)(C)O[C@]12C(=O)C3=C(O)c4c(OCc5ccccc5)cc(C5CCCN5Cc5ccccc5)c(OC(F)(F)F)c4C[C@H]3C[C@H]1[C@H](N)c1onc(OCc3ccccc3)c1C2=O. The van der Waals surface area contributed by atoms with Crippen molar-refractivity contribution < 1.29 is 51.0 Å². The van der Waals surface area contributed by atoms with E-state index in [4.69, 9.17) is 28.9 Å². The molecule has 1 aromatic heterocycles. The number of hydrogen-bond donors (Lipinski definition) is 2. The number of aromatic nitrogens is 1. The van der Waals surface area contributed by atoms with E-state index in [1.54, 1.807) is 0 Å². The molecule has 15 heteroatoms. The van der Waals surface area contributed by atoms with Gasteiger partial charge in [-0.15, -0.1) is 13.2 Å². The lowest BCUT2D eigenvalue weighted by atomic mass is 9.57. The van der Waals surface area contributed by atoms with Crippen LogP contribution in [-0.2, 0) is 35.4 Å². The number of aliphatic hydroxyl groups excluding tert-OH is 1. The largest absolute Gasteiger partial charge is 0.573 e. The standard InChI is InChI=1S/C51H54F3N3O8Si/c1-49(2,3)66(4,5)65-50-36(42(55)45-41(47(50)60)48(56-64-45)62-29-32-20-13-8-14-21-32)25-33-24-35-40(43(58)39(33)46(50)59)38(61-28-31-18-11-7-12-19-31)26-34(44(35)63-51(52,53)54)37-22-15-23-57(37)27-30-16-9-6-10-17-30/h6-14,16-21,26,33,36-37,42,58H,15,22-25,27-29,55H2,1-5H3/t33-,36-,37?,42-,50-/m0/s1. The van der Waals surface area contributed by atoms with Gasteiger partial charge in [0.2, 0.25) is 11.6 Å². The van der Waals surface area contributed by atoms with Gasteiger partial charge in [-0.1, -0.05) is 112 Å². The number of hydrogen-bond acceptors (Lipinski definition) is 11. The molecular weight excluding hydrogens is 868 g/mol. The second-order valence-corrected chi connectivity index (χ2v) is 24.1. The van der Waals surface area contributed by atoms with Gasteiger partial charge in [0.15, 0.2) is 19.7 Å². The normalized spacial score (nSPS) is 23.2. The van der Waals surface area contributed by atoms with Gasteiger partial charge in [-0.05, 0) is 84.2 Å². The molecule has 5 aromatic rings. The van der Waals surface area contributed by atoms with Crippen LogP contribution in [0.15, 0.2) is 107 Å². The van der Waals surface area contributed by atoms with Crippen molar-refractivity contribution in [2.75, 3.05) is 6.54 Å². The highest BCUT2D eigenvalue weighted by Crippen LogP contribution is 2.59. The summed E-state index contributed by atoms with van der Waals surface area (Å²) in [6, 6.07) is 28.1. The van der Waals surface area contributed by atoms with Crippen LogP contribution in [0.25, 0.3) is 5.76 Å². The number of carbonyl (C=O) groups excluding carboxylic acids is 2. The van der Waals surface area contributed by atoms with E-state index in [1.165, 1.54) is 6.07 Å². The predicted molar refractivity (Wildman–Crippen MR) is 242 cm³/mol. The first-order valence-corrected chi connectivity index (χ1v) is 25.3. The maximum Gasteiger partial charge on any atom is 0.573 e. The molecule has 1 aliphatic heterocycles. The van der Waals surface area contributed by atoms with Crippen LogP contribution in [0.2, 0.25) is 18.1 Å². The topological polar surface area (TPSA) is 147 Å². The summed E-state index contributed by atoms with van der Waals surface area (Å²) in [5, 5.41) is 16.4. The molecule has 9 rings (SSSR count). The lowest BCUT2D eigenvalue weighted by Gasteiger charge is -2.53. The number of nitrogens with zero attached hydrogens (tertiary/aromatic N) is 2. The van der Waals surface area contributed by atoms with Crippen LogP contribution in [0, 0.1) is 11.8 Å². The Hall–Kier alpha value is -5.74. The minimum absolute atomic E-state index is 0.000435. The van der Waals surface area contributed by atoms with Crippen molar-refractivity contribution in [2.24, 2.45) is 17.6 Å². The quantitative estimate of drug-likeness (QED) is 0.0910. The van der Waals surface area contributed by atoms with Gasteiger partial charge in [-0.25, -0.2) is 0 Å². The average Bonchev–Trinajstić information content (AvgIpc) is 3.93. The molecule has 346 valence electrons. The van der Waals surface area contributed by atoms with E-state index in [0.29, 0.717) is 19.5 Å². The summed E-state index contributed by atoms with van der Waals surface area (Å²) < 4.78 is 75.0. The van der Waals surface area contributed by atoms with Gasteiger partial charge >= 0.3 is 6.36 Å². The van der Waals surface area contributed by atoms with Crippen LogP contribution in [0.4, 0.5) is 13.2 Å². The molecule has 1 unspecified atom stereocenters. The van der Waals surface area contributed by atoms with E-state index >= 15 is 9.59 Å². The molecule has 1 saturated carbocycles. The van der Waals surface area contributed by atoms with Crippen molar-refractivity contribution in [1.29, 1.82) is 0 Å². The first-order valence-electron chi connectivity index (χ1n) is 22.4. The zero-order chi connectivity index (χ0) is 46.8. The van der Waals surface area contributed by atoms with Crippen LogP contribution in [-0.4, -0.2) is 53.6 Å². The van der Waals surface area contributed by atoms with Crippen LogP contribution < -0.4 is 19.9 Å². The van der Waals surface area contributed by atoms with Crippen molar-refractivity contribution in [1.82, 2.24) is 10.1 Å². The average molecular weight is 922 g/mol. The molecule has 1 saturated heterocycles. The number of alkyl halides is 3. The van der Waals surface area contributed by atoms with E-state index in [0.717, 1.165) is 23.1 Å². The smallest absolute Gasteiger partial charge is 0.507 e. The number of likely N-dealkylation sites (tertiary alicyclic amines) is 1. The molecule has 2 heterocycles. The first-order chi connectivity index (χ1) is 31.4. The Morgan fingerprint density at radius 3 is 2.09 bits per heavy atom. The number of fused-ring (bicyclic) bond motifs is 4. The molecule has 66 heavy (non-hydrogen) atoms. The third-order valence-corrected chi connectivity index (χ3v) is 18.6. The van der Waals surface area contributed by atoms with Gasteiger partial charge in [0.05, 0.1) is 11.6 Å². The minimum atomic E-state index is -5.12. The Kier molecular flexibility index (Phi) is 11.8. The lowest BCUT2D eigenvalue weighted by molar-refractivity contribution is -0.275. The Morgan fingerprint density at radius 2 is 1.48 bits per heavy atom. The highest BCUT2D eigenvalue weighted by molar-refractivity contribution is 6.74. The maximum absolute atomic E-state index is 15.9. The highest BCUT2D eigenvalue weighted by atomic mass is 28.4. The van der Waals surface area contributed by atoms with Crippen LogP contribution in [0.5, 0.6) is 17.4 Å². The molecule has 0 radical (unpaired) electrons. The summed E-state index contributed by atoms with van der Waals surface area (Å²) in [4.78, 5) is 33.5. The van der Waals surface area contributed by atoms with Gasteiger partial charge in [0, 0.05) is 35.2 Å². The Bertz CT molecular complexity index is 2670. The number of ether oxygens (including phenoxy) is 3. The summed E-state index contributed by atoms with van der Waals surface area (Å²) in [5.41, 5.74) is 7.31. The Balaban J connectivity index is 1.22. The number of Topliss-reactive ketones (excluding diaryl/α,β-unsaturated/α-hetero) is 2. The molecule has 3 N–H and O–H groups in total. The number of ketones is 2. The first kappa shape index (κ1) is 45.4. The van der Waals surface area contributed by atoms with Crippen molar-refractivity contribution >= 4 is 25.6 Å². The third-order valence-electron chi connectivity index (χ3n) is 14.2. The van der Waals surface area contributed by atoms with Crippen molar-refractivity contribution in [3.63, 3.8) is 0 Å². The summed E-state index contributed by atoms with van der Waals surface area (Å²) in [5.74, 6) is -4.67. The monoisotopic (exact) mass is 921 g/mol. The van der Waals surface area contributed by atoms with Crippen LogP contribution in [0.1, 0.15) is 102 Å². The van der Waals surface area contributed by atoms with E-state index < -0.39 is 72.3 Å². The molecular formula is C51H54F3N3O8Si. The maximum atomic E-state index is 15.9. The molecule has 0 amide bonds. The zero-order valence-corrected chi connectivity index (χ0v) is 38.6. The number of benzene rings is 4. The number of carbonyl (C=O) groups is 2. The Morgan fingerprint density at radius 1 is 0.879 bits per heavy atom. The van der Waals surface area contributed by atoms with Gasteiger partial charge in [-0.2, -0.15) is 0 Å². The van der Waals surface area contributed by atoms with Crippen molar-refractivity contribution in [2.45, 2.75) is 108 Å². The molecule has 5 atom stereocenters. The van der Waals surface area contributed by atoms with Gasteiger partial charge in [-0.3, -0.25) is 14.5 Å². The fourth-order valence-corrected chi connectivity index (χ4v) is 11.5. The zero-order valence-electron chi connectivity index (χ0n) is 37.6. The summed E-state index contributed by atoms with van der Waals surface area (Å²) >= 11 is 0. The highest BCUT2D eigenvalue weighted by Gasteiger charge is 2.68. The fraction of sp³-hybridized carbons (Fsp3) is 0.392. The number of rotatable bonds is 12. The summed E-state index contributed by atoms with van der Waals surface area (Å²) in [6.07, 6.45) is -4.07. The van der Waals surface area contributed by atoms with Gasteiger partial charge < -0.3 is 34.0 Å². The predicted octanol–water partition coefficient (Wildman–Crippen LogP) is 10.8. The molecule has 2 fully saturated rings. The van der Waals surface area contributed by atoms with E-state index in [2.05, 4.69) is 10.1 Å². The second-order valence-electron chi connectivity index (χ2n) is 19.4. The molecule has 0 bridgehead atoms. The van der Waals surface area contributed by atoms with Crippen LogP contribution in [0.3, 0.4) is 0 Å². The minimum Gasteiger partial charge on any atom is -0.507 e. The van der Waals surface area contributed by atoms with Gasteiger partial charge in [0.25, 0.3) is 5.88 Å². The van der Waals surface area contributed by atoms with Crippen molar-refractivity contribution in [3.05, 3.63) is 147 Å². The van der Waals surface area contributed by atoms with E-state index in [9.17, 15) is 18.3 Å². The Labute approximate surface area is 382 Å². The number of halogens is 3. The molecule has 0 spiro atoms. The number of aliphatic hydroxyl groups is 1. The van der Waals surface area contributed by atoms with Crippen LogP contribution >= 0.6 is 0 Å². The lowest BCUT2D eigenvalue weighted by Crippen LogP contribution is -2.68.